The second kappa shape index (κ2) is 9.14. The van der Waals surface area contributed by atoms with E-state index in [1.807, 2.05) is 31.6 Å². The zero-order valence-electron chi connectivity index (χ0n) is 14.2. The summed E-state index contributed by atoms with van der Waals surface area (Å²) in [5.41, 5.74) is 5.83. The highest BCUT2D eigenvalue weighted by atomic mass is 32.1. The number of carbonyl (C=O) groups is 1. The predicted molar refractivity (Wildman–Crippen MR) is 97.5 cm³/mol. The Morgan fingerprint density at radius 1 is 1.46 bits per heavy atom. The van der Waals surface area contributed by atoms with Crippen LogP contribution in [0.15, 0.2) is 34.7 Å². The molecular weight excluding hydrogens is 324 g/mol. The molecule has 0 fully saturated rings. The topological polar surface area (TPSA) is 66.8 Å². The molecular formula is C17H22N4O2S. The molecule has 24 heavy (non-hydrogen) atoms. The maximum atomic E-state index is 11.4. The molecule has 0 saturated heterocycles. The van der Waals surface area contributed by atoms with Crippen LogP contribution in [0.1, 0.15) is 23.7 Å². The molecule has 1 heterocycles. The van der Waals surface area contributed by atoms with Crippen molar-refractivity contribution in [1.29, 1.82) is 0 Å². The van der Waals surface area contributed by atoms with Crippen molar-refractivity contribution in [2.24, 2.45) is 5.10 Å². The van der Waals surface area contributed by atoms with E-state index in [4.69, 9.17) is 4.74 Å². The van der Waals surface area contributed by atoms with Gasteiger partial charge in [-0.25, -0.2) is 4.98 Å². The zero-order chi connectivity index (χ0) is 17.4. The van der Waals surface area contributed by atoms with Crippen LogP contribution in [-0.4, -0.2) is 42.8 Å². The van der Waals surface area contributed by atoms with Crippen LogP contribution in [0.5, 0.6) is 0 Å². The van der Waals surface area contributed by atoms with Gasteiger partial charge in [0.2, 0.25) is 5.13 Å². The Morgan fingerprint density at radius 3 is 3.04 bits per heavy atom. The Morgan fingerprint density at radius 2 is 2.29 bits per heavy atom. The summed E-state index contributed by atoms with van der Waals surface area (Å²) in [4.78, 5) is 17.8. The minimum Gasteiger partial charge on any atom is -0.466 e. The van der Waals surface area contributed by atoms with Crippen LogP contribution in [0.4, 0.5) is 5.13 Å². The number of nitrogens with zero attached hydrogens (tertiary/aromatic N) is 3. The van der Waals surface area contributed by atoms with E-state index in [0.717, 1.165) is 12.1 Å². The van der Waals surface area contributed by atoms with Crippen molar-refractivity contribution in [3.05, 3.63) is 46.5 Å². The molecule has 6 nitrogen and oxygen atoms in total. The second-order valence-electron chi connectivity index (χ2n) is 5.48. The highest BCUT2D eigenvalue weighted by Gasteiger charge is 2.07. The quantitative estimate of drug-likeness (QED) is 0.452. The third-order valence-corrected chi connectivity index (χ3v) is 3.80. The molecule has 1 aromatic heterocycles. The summed E-state index contributed by atoms with van der Waals surface area (Å²) in [7, 11) is 4.08. The van der Waals surface area contributed by atoms with E-state index >= 15 is 0 Å². The number of hydrogen-bond donors (Lipinski definition) is 1. The van der Waals surface area contributed by atoms with Crippen LogP contribution < -0.4 is 5.43 Å². The normalized spacial score (nSPS) is 11.2. The molecule has 128 valence electrons. The van der Waals surface area contributed by atoms with Gasteiger partial charge in [0.1, 0.15) is 0 Å². The van der Waals surface area contributed by atoms with E-state index in [0.29, 0.717) is 17.4 Å². The molecule has 0 unspecified atom stereocenters. The number of hydrogen-bond acceptors (Lipinski definition) is 7. The molecule has 0 bridgehead atoms. The summed E-state index contributed by atoms with van der Waals surface area (Å²) in [6.45, 7) is 3.05. The average molecular weight is 346 g/mol. The first-order valence-corrected chi connectivity index (χ1v) is 8.57. The first-order valence-electron chi connectivity index (χ1n) is 7.69. The maximum Gasteiger partial charge on any atom is 0.311 e. The molecule has 0 radical (unpaired) electrons. The molecule has 2 rings (SSSR count). The number of ether oxygens (including phenoxy) is 1. The third-order valence-electron chi connectivity index (χ3n) is 3.01. The maximum absolute atomic E-state index is 11.4. The lowest BCUT2D eigenvalue weighted by molar-refractivity contribution is -0.142. The Hall–Kier alpha value is -2.25. The van der Waals surface area contributed by atoms with Crippen molar-refractivity contribution in [2.45, 2.75) is 19.9 Å². The van der Waals surface area contributed by atoms with Crippen LogP contribution in [0.2, 0.25) is 0 Å². The van der Waals surface area contributed by atoms with Crippen LogP contribution in [0.3, 0.4) is 0 Å². The first kappa shape index (κ1) is 18.1. The molecule has 0 aliphatic rings. The summed E-state index contributed by atoms with van der Waals surface area (Å²) in [6.07, 6.45) is 1.94. The van der Waals surface area contributed by atoms with E-state index in [1.165, 1.54) is 16.9 Å². The van der Waals surface area contributed by atoms with Gasteiger partial charge >= 0.3 is 5.97 Å². The SMILES string of the molecule is CCOC(=O)Cc1csc(NN=Cc2cccc(CN(C)C)c2)n1. The van der Waals surface area contributed by atoms with Crippen molar-refractivity contribution in [2.75, 3.05) is 26.1 Å². The summed E-state index contributed by atoms with van der Waals surface area (Å²) in [5, 5.41) is 6.68. The lowest BCUT2D eigenvalue weighted by Gasteiger charge is -2.09. The molecule has 0 saturated carbocycles. The van der Waals surface area contributed by atoms with Crippen molar-refractivity contribution in [3.63, 3.8) is 0 Å². The van der Waals surface area contributed by atoms with E-state index < -0.39 is 0 Å². The fraction of sp³-hybridized carbons (Fsp3) is 0.353. The molecule has 0 spiro atoms. The van der Waals surface area contributed by atoms with Crippen molar-refractivity contribution in [3.8, 4) is 0 Å². The van der Waals surface area contributed by atoms with E-state index in [-0.39, 0.29) is 12.4 Å². The van der Waals surface area contributed by atoms with Gasteiger partial charge in [0.05, 0.1) is 24.9 Å². The second-order valence-corrected chi connectivity index (χ2v) is 6.34. The molecule has 0 atom stereocenters. The number of carbonyl (C=O) groups excluding carboxylic acids is 1. The number of esters is 1. The summed E-state index contributed by atoms with van der Waals surface area (Å²) >= 11 is 1.41. The number of thiazole rings is 1. The molecule has 7 heteroatoms. The van der Waals surface area contributed by atoms with Gasteiger partial charge in [-0.3, -0.25) is 10.2 Å². The van der Waals surface area contributed by atoms with Crippen LogP contribution in [0, 0.1) is 0 Å². The number of benzene rings is 1. The highest BCUT2D eigenvalue weighted by molar-refractivity contribution is 7.13. The minimum absolute atomic E-state index is 0.183. The molecule has 1 N–H and O–H groups in total. The van der Waals surface area contributed by atoms with Gasteiger partial charge in [0.15, 0.2) is 0 Å². The number of anilines is 1. The number of aromatic nitrogens is 1. The molecule has 2 aromatic rings. The minimum atomic E-state index is -0.268. The largest absolute Gasteiger partial charge is 0.466 e. The summed E-state index contributed by atoms with van der Waals surface area (Å²) < 4.78 is 4.90. The van der Waals surface area contributed by atoms with E-state index in [2.05, 4.69) is 32.5 Å². The number of nitrogens with one attached hydrogen (secondary N) is 1. The number of hydrazone groups is 1. The van der Waals surface area contributed by atoms with Gasteiger partial charge in [-0.2, -0.15) is 5.10 Å². The smallest absolute Gasteiger partial charge is 0.311 e. The van der Waals surface area contributed by atoms with E-state index in [1.54, 1.807) is 13.1 Å². The third kappa shape index (κ3) is 6.10. The molecule has 0 aliphatic carbocycles. The lowest BCUT2D eigenvalue weighted by Crippen LogP contribution is -2.10. The zero-order valence-corrected chi connectivity index (χ0v) is 15.0. The summed E-state index contributed by atoms with van der Waals surface area (Å²) in [5.74, 6) is -0.268. The first-order chi connectivity index (χ1) is 11.6. The van der Waals surface area contributed by atoms with E-state index in [9.17, 15) is 4.79 Å². The highest BCUT2D eigenvalue weighted by Crippen LogP contribution is 2.16. The predicted octanol–water partition coefficient (Wildman–Crippen LogP) is 2.76. The van der Waals surface area contributed by atoms with Crippen LogP contribution >= 0.6 is 11.3 Å². The Balaban J connectivity index is 1.90. The van der Waals surface area contributed by atoms with Crippen LogP contribution in [-0.2, 0) is 22.5 Å². The van der Waals surface area contributed by atoms with Gasteiger partial charge in [-0.15, -0.1) is 11.3 Å². The van der Waals surface area contributed by atoms with Gasteiger partial charge in [-0.1, -0.05) is 18.2 Å². The molecule has 0 aliphatic heterocycles. The monoisotopic (exact) mass is 346 g/mol. The van der Waals surface area contributed by atoms with Crippen molar-refractivity contribution in [1.82, 2.24) is 9.88 Å². The fourth-order valence-corrected chi connectivity index (χ4v) is 2.76. The van der Waals surface area contributed by atoms with Gasteiger partial charge in [0.25, 0.3) is 0 Å². The number of rotatable bonds is 8. The van der Waals surface area contributed by atoms with Crippen LogP contribution in [0.25, 0.3) is 0 Å². The van der Waals surface area contributed by atoms with Crippen molar-refractivity contribution >= 4 is 28.7 Å². The molecule has 0 amide bonds. The average Bonchev–Trinajstić information content (AvgIpc) is 2.94. The van der Waals surface area contributed by atoms with Crippen molar-refractivity contribution < 1.29 is 9.53 Å². The fourth-order valence-electron chi connectivity index (χ4n) is 2.10. The Kier molecular flexibility index (Phi) is 6.89. The molecule has 1 aromatic carbocycles. The Bertz CT molecular complexity index is 697. The van der Waals surface area contributed by atoms with Gasteiger partial charge < -0.3 is 9.64 Å². The lowest BCUT2D eigenvalue weighted by atomic mass is 10.1. The van der Waals surface area contributed by atoms with Gasteiger partial charge in [-0.05, 0) is 38.2 Å². The Labute approximate surface area is 146 Å². The standard InChI is InChI=1S/C17H22N4O2S/c1-4-23-16(22)9-15-12-24-17(19-15)20-18-10-13-6-5-7-14(8-13)11-21(2)3/h5-8,10,12H,4,9,11H2,1-3H3,(H,19,20). The van der Waals surface area contributed by atoms with Gasteiger partial charge in [0, 0.05) is 11.9 Å². The summed E-state index contributed by atoms with van der Waals surface area (Å²) in [6, 6.07) is 8.20.